The van der Waals surface area contributed by atoms with E-state index in [0.29, 0.717) is 25.2 Å². The van der Waals surface area contributed by atoms with E-state index in [9.17, 15) is 10.2 Å². The van der Waals surface area contributed by atoms with E-state index in [1.807, 2.05) is 42.0 Å². The maximum Gasteiger partial charge on any atom is 0.143 e. The van der Waals surface area contributed by atoms with E-state index in [0.717, 1.165) is 28.0 Å². The first-order valence-electron chi connectivity index (χ1n) is 9.84. The van der Waals surface area contributed by atoms with E-state index in [2.05, 4.69) is 9.97 Å². The highest BCUT2D eigenvalue weighted by atomic mass is 16.5. The Balaban J connectivity index is 1.43. The summed E-state index contributed by atoms with van der Waals surface area (Å²) in [5.74, 6) is 1.41. The standard InChI is InChI=1S/C21H24N4O4/c1-11-13-5-6-25(21(13)24-10-23-11)15-8-18(20(27)19(15)26)29-17-4-2-3-16-14(17)7-12(22)9-28-16/h2-6,10,12,15,18-20,26-27H,7-9,22H2,1H3. The molecule has 3 heterocycles. The number of aromatic nitrogens is 3. The molecule has 2 aromatic heterocycles. The highest BCUT2D eigenvalue weighted by Crippen LogP contribution is 2.39. The van der Waals surface area contributed by atoms with E-state index in [1.165, 1.54) is 6.33 Å². The van der Waals surface area contributed by atoms with E-state index in [1.54, 1.807) is 0 Å². The molecule has 1 fully saturated rings. The number of ether oxygens (including phenoxy) is 2. The molecule has 8 nitrogen and oxygen atoms in total. The van der Waals surface area contributed by atoms with Gasteiger partial charge in [-0.15, -0.1) is 0 Å². The van der Waals surface area contributed by atoms with Crippen LogP contribution >= 0.6 is 0 Å². The zero-order chi connectivity index (χ0) is 20.1. The Morgan fingerprint density at radius 1 is 1.21 bits per heavy atom. The molecule has 0 radical (unpaired) electrons. The van der Waals surface area contributed by atoms with Gasteiger partial charge in [0, 0.05) is 29.6 Å². The smallest absolute Gasteiger partial charge is 0.143 e. The maximum atomic E-state index is 10.7. The minimum absolute atomic E-state index is 0.0896. The number of aliphatic hydroxyl groups excluding tert-OH is 2. The molecule has 5 rings (SSSR count). The van der Waals surface area contributed by atoms with Gasteiger partial charge in [0.1, 0.15) is 48.4 Å². The molecule has 5 unspecified atom stereocenters. The van der Waals surface area contributed by atoms with Crippen LogP contribution in [0.2, 0.25) is 0 Å². The molecule has 0 amide bonds. The molecule has 0 spiro atoms. The molecule has 1 aliphatic heterocycles. The molecule has 152 valence electrons. The number of hydrogen-bond donors (Lipinski definition) is 3. The van der Waals surface area contributed by atoms with Crippen LogP contribution in [0.25, 0.3) is 11.0 Å². The first-order valence-corrected chi connectivity index (χ1v) is 9.84. The lowest BCUT2D eigenvalue weighted by Gasteiger charge is -2.26. The summed E-state index contributed by atoms with van der Waals surface area (Å²) in [4.78, 5) is 8.58. The van der Waals surface area contributed by atoms with Crippen LogP contribution in [0.15, 0.2) is 36.8 Å². The zero-order valence-electron chi connectivity index (χ0n) is 16.1. The van der Waals surface area contributed by atoms with Gasteiger partial charge in [0.25, 0.3) is 0 Å². The predicted molar refractivity (Wildman–Crippen MR) is 106 cm³/mol. The third-order valence-corrected chi connectivity index (χ3v) is 5.95. The van der Waals surface area contributed by atoms with Crippen molar-refractivity contribution in [3.8, 4) is 11.5 Å². The summed E-state index contributed by atoms with van der Waals surface area (Å²) >= 11 is 0. The fourth-order valence-electron chi connectivity index (χ4n) is 4.40. The molecule has 0 saturated heterocycles. The lowest BCUT2D eigenvalue weighted by molar-refractivity contribution is -0.0167. The van der Waals surface area contributed by atoms with E-state index in [4.69, 9.17) is 15.2 Å². The van der Waals surface area contributed by atoms with Crippen molar-refractivity contribution in [2.75, 3.05) is 6.61 Å². The largest absolute Gasteiger partial charge is 0.492 e. The van der Waals surface area contributed by atoms with Gasteiger partial charge in [-0.1, -0.05) is 6.07 Å². The van der Waals surface area contributed by atoms with Gasteiger partial charge in [0.15, 0.2) is 0 Å². The highest BCUT2D eigenvalue weighted by Gasteiger charge is 2.44. The van der Waals surface area contributed by atoms with Crippen LogP contribution in [0.5, 0.6) is 11.5 Å². The molecule has 2 aliphatic rings. The van der Waals surface area contributed by atoms with E-state index < -0.39 is 18.3 Å². The minimum Gasteiger partial charge on any atom is -0.492 e. The minimum atomic E-state index is -1.02. The molecule has 4 N–H and O–H groups in total. The van der Waals surface area contributed by atoms with Gasteiger partial charge in [-0.25, -0.2) is 9.97 Å². The summed E-state index contributed by atoms with van der Waals surface area (Å²) in [7, 11) is 0. The summed E-state index contributed by atoms with van der Waals surface area (Å²) in [5.41, 5.74) is 8.57. The summed E-state index contributed by atoms with van der Waals surface area (Å²) in [5, 5.41) is 22.4. The summed E-state index contributed by atoms with van der Waals surface area (Å²) in [6, 6.07) is 7.11. The van der Waals surface area contributed by atoms with Crippen molar-refractivity contribution in [3.05, 3.63) is 48.0 Å². The fourth-order valence-corrected chi connectivity index (χ4v) is 4.40. The molecular weight excluding hydrogens is 372 g/mol. The topological polar surface area (TPSA) is 116 Å². The van der Waals surface area contributed by atoms with Crippen molar-refractivity contribution in [3.63, 3.8) is 0 Å². The number of nitrogens with two attached hydrogens (primary N) is 1. The Kier molecular flexibility index (Phi) is 4.42. The summed E-state index contributed by atoms with van der Waals surface area (Å²) in [6.45, 7) is 2.40. The van der Waals surface area contributed by atoms with Crippen LogP contribution in [0.1, 0.15) is 23.7 Å². The van der Waals surface area contributed by atoms with Gasteiger partial charge in [-0.3, -0.25) is 0 Å². The van der Waals surface area contributed by atoms with Gasteiger partial charge in [-0.05, 0) is 31.5 Å². The second-order valence-electron chi connectivity index (χ2n) is 7.87. The van der Waals surface area contributed by atoms with E-state index in [-0.39, 0.29) is 12.1 Å². The quantitative estimate of drug-likeness (QED) is 0.607. The van der Waals surface area contributed by atoms with Gasteiger partial charge in [0.05, 0.1) is 11.7 Å². The SMILES string of the molecule is Cc1ncnc2c1ccn2C1CC(Oc2cccc3c2CC(N)CO3)C(O)C1O. The molecule has 5 atom stereocenters. The molecule has 1 aromatic carbocycles. The Morgan fingerprint density at radius 3 is 2.93 bits per heavy atom. The number of benzene rings is 1. The number of hydrogen-bond acceptors (Lipinski definition) is 7. The molecular formula is C21H24N4O4. The van der Waals surface area contributed by atoms with Crippen LogP contribution in [0, 0.1) is 6.92 Å². The average Bonchev–Trinajstić information content (AvgIpc) is 3.26. The van der Waals surface area contributed by atoms with Crippen molar-refractivity contribution in [2.24, 2.45) is 5.73 Å². The normalized spacial score (nSPS) is 28.9. The number of rotatable bonds is 3. The third-order valence-electron chi connectivity index (χ3n) is 5.95. The molecule has 1 saturated carbocycles. The fraction of sp³-hybridized carbons (Fsp3) is 0.429. The second-order valence-corrected chi connectivity index (χ2v) is 7.87. The predicted octanol–water partition coefficient (Wildman–Crippen LogP) is 1.12. The van der Waals surface area contributed by atoms with Crippen LogP contribution < -0.4 is 15.2 Å². The number of aliphatic hydroxyl groups is 2. The van der Waals surface area contributed by atoms with Crippen LogP contribution in [0.3, 0.4) is 0 Å². The van der Waals surface area contributed by atoms with Crippen molar-refractivity contribution >= 4 is 11.0 Å². The van der Waals surface area contributed by atoms with E-state index >= 15 is 0 Å². The van der Waals surface area contributed by atoms with Crippen molar-refractivity contribution in [2.45, 2.75) is 50.2 Å². The number of fused-ring (bicyclic) bond motifs is 2. The summed E-state index contributed by atoms with van der Waals surface area (Å²) in [6.07, 6.45) is 1.95. The highest BCUT2D eigenvalue weighted by molar-refractivity contribution is 5.78. The molecule has 29 heavy (non-hydrogen) atoms. The average molecular weight is 396 g/mol. The van der Waals surface area contributed by atoms with Crippen LogP contribution in [0.4, 0.5) is 0 Å². The zero-order valence-corrected chi connectivity index (χ0v) is 16.1. The van der Waals surface area contributed by atoms with Crippen molar-refractivity contribution in [1.82, 2.24) is 14.5 Å². The second kappa shape index (κ2) is 6.98. The summed E-state index contributed by atoms with van der Waals surface area (Å²) < 4.78 is 13.8. The van der Waals surface area contributed by atoms with Gasteiger partial charge in [-0.2, -0.15) is 0 Å². The third kappa shape index (κ3) is 3.04. The molecule has 3 aromatic rings. The molecule has 1 aliphatic carbocycles. The van der Waals surface area contributed by atoms with Gasteiger partial charge >= 0.3 is 0 Å². The Labute approximate surface area is 167 Å². The Bertz CT molecular complexity index is 1050. The van der Waals surface area contributed by atoms with Gasteiger partial charge < -0.3 is 30.0 Å². The van der Waals surface area contributed by atoms with Crippen LogP contribution in [-0.2, 0) is 6.42 Å². The number of nitrogens with zero attached hydrogens (tertiary/aromatic N) is 3. The van der Waals surface area contributed by atoms with Crippen molar-refractivity contribution in [1.29, 1.82) is 0 Å². The first-order chi connectivity index (χ1) is 14.0. The first kappa shape index (κ1) is 18.4. The lowest BCUT2D eigenvalue weighted by atomic mass is 10.0. The Hall–Kier alpha value is -2.68. The lowest BCUT2D eigenvalue weighted by Crippen LogP contribution is -2.36. The van der Waals surface area contributed by atoms with Crippen LogP contribution in [-0.4, -0.2) is 55.7 Å². The Morgan fingerprint density at radius 2 is 2.07 bits per heavy atom. The molecule has 8 heteroatoms. The van der Waals surface area contributed by atoms with Crippen molar-refractivity contribution < 1.29 is 19.7 Å². The van der Waals surface area contributed by atoms with Gasteiger partial charge in [0.2, 0.25) is 0 Å². The maximum absolute atomic E-state index is 10.7. The monoisotopic (exact) mass is 396 g/mol. The number of aryl methyl sites for hydroxylation is 1. The molecule has 0 bridgehead atoms.